The van der Waals surface area contributed by atoms with Gasteiger partial charge in [0, 0.05) is 23.2 Å². The summed E-state index contributed by atoms with van der Waals surface area (Å²) in [7, 11) is -3.75. The molecule has 0 radical (unpaired) electrons. The largest absolute Gasteiger partial charge is 0.474 e. The minimum atomic E-state index is -3.75. The molecule has 0 bridgehead atoms. The molecule has 0 saturated carbocycles. The van der Waals surface area contributed by atoms with E-state index in [2.05, 4.69) is 5.32 Å². The van der Waals surface area contributed by atoms with Crippen molar-refractivity contribution in [2.24, 2.45) is 5.14 Å². The van der Waals surface area contributed by atoms with Crippen molar-refractivity contribution < 1.29 is 17.9 Å². The van der Waals surface area contributed by atoms with Gasteiger partial charge in [-0.15, -0.1) is 0 Å². The van der Waals surface area contributed by atoms with Crippen LogP contribution in [-0.4, -0.2) is 26.1 Å². The highest BCUT2D eigenvalue weighted by molar-refractivity contribution is 7.89. The van der Waals surface area contributed by atoms with E-state index >= 15 is 0 Å². The van der Waals surface area contributed by atoms with Crippen molar-refractivity contribution in [1.82, 2.24) is 5.32 Å². The quantitative estimate of drug-likeness (QED) is 0.724. The SMILES string of the molecule is CC(CNC(=O)C(Oc1cc(Cl)ccc1Cl)c1ccccc1)S(N)(=O)=O. The Hall–Kier alpha value is -1.80. The van der Waals surface area contributed by atoms with Crippen molar-refractivity contribution >= 4 is 39.1 Å². The van der Waals surface area contributed by atoms with Crippen LogP contribution < -0.4 is 15.2 Å². The Balaban J connectivity index is 2.24. The highest BCUT2D eigenvalue weighted by Crippen LogP contribution is 2.31. The van der Waals surface area contributed by atoms with Gasteiger partial charge in [-0.1, -0.05) is 53.5 Å². The first-order valence-electron chi connectivity index (χ1n) is 7.64. The fraction of sp³-hybridized carbons (Fsp3) is 0.235. The maximum absolute atomic E-state index is 12.6. The molecule has 0 spiro atoms. The van der Waals surface area contributed by atoms with E-state index in [4.69, 9.17) is 33.1 Å². The average molecular weight is 417 g/mol. The summed E-state index contributed by atoms with van der Waals surface area (Å²) in [6, 6.07) is 13.4. The number of ether oxygens (including phenoxy) is 1. The summed E-state index contributed by atoms with van der Waals surface area (Å²) in [5.74, 6) is -0.287. The minimum absolute atomic E-state index is 0.145. The summed E-state index contributed by atoms with van der Waals surface area (Å²) in [6.45, 7) is 1.26. The molecular weight excluding hydrogens is 399 g/mol. The lowest BCUT2D eigenvalue weighted by molar-refractivity contribution is -0.128. The molecule has 26 heavy (non-hydrogen) atoms. The number of halogens is 2. The third kappa shape index (κ3) is 5.60. The Labute approximate surface area is 162 Å². The second-order valence-corrected chi connectivity index (χ2v) is 8.45. The molecule has 140 valence electrons. The van der Waals surface area contributed by atoms with Crippen LogP contribution in [-0.2, 0) is 14.8 Å². The molecule has 2 aromatic carbocycles. The van der Waals surface area contributed by atoms with E-state index in [0.29, 0.717) is 15.6 Å². The normalized spacial score (nSPS) is 13.7. The van der Waals surface area contributed by atoms with Crippen molar-refractivity contribution in [3.05, 3.63) is 64.1 Å². The van der Waals surface area contributed by atoms with E-state index in [1.165, 1.54) is 13.0 Å². The van der Waals surface area contributed by atoms with Gasteiger partial charge < -0.3 is 10.1 Å². The van der Waals surface area contributed by atoms with E-state index < -0.39 is 27.3 Å². The Morgan fingerprint density at radius 1 is 1.19 bits per heavy atom. The lowest BCUT2D eigenvalue weighted by atomic mass is 10.1. The van der Waals surface area contributed by atoms with Crippen molar-refractivity contribution in [2.45, 2.75) is 18.3 Å². The molecule has 0 aromatic heterocycles. The van der Waals surface area contributed by atoms with Crippen LogP contribution in [0.4, 0.5) is 0 Å². The number of amides is 1. The molecule has 0 heterocycles. The third-order valence-corrected chi connectivity index (χ3v) is 5.44. The van der Waals surface area contributed by atoms with Gasteiger partial charge in [0.05, 0.1) is 10.3 Å². The second-order valence-electron chi connectivity index (χ2n) is 5.63. The fourth-order valence-corrected chi connectivity index (χ4v) is 2.69. The Kier molecular flexibility index (Phi) is 6.88. The van der Waals surface area contributed by atoms with Crippen LogP contribution in [0.2, 0.25) is 10.0 Å². The standard InChI is InChI=1S/C17H18Cl2N2O4S/c1-11(26(20,23)24)10-21-17(22)16(12-5-3-2-4-6-12)25-15-9-13(18)7-8-14(15)19/h2-9,11,16H,10H2,1H3,(H,21,22)(H2,20,23,24). The summed E-state index contributed by atoms with van der Waals surface area (Å²) < 4.78 is 28.4. The second kappa shape index (κ2) is 8.73. The monoisotopic (exact) mass is 416 g/mol. The lowest BCUT2D eigenvalue weighted by Gasteiger charge is -2.21. The average Bonchev–Trinajstić information content (AvgIpc) is 2.60. The number of nitrogens with two attached hydrogens (primary N) is 1. The topological polar surface area (TPSA) is 98.5 Å². The Morgan fingerprint density at radius 2 is 1.85 bits per heavy atom. The Morgan fingerprint density at radius 3 is 2.46 bits per heavy atom. The van der Waals surface area contributed by atoms with E-state index in [9.17, 15) is 13.2 Å². The summed E-state index contributed by atoms with van der Waals surface area (Å²) in [4.78, 5) is 12.6. The molecule has 1 amide bonds. The van der Waals surface area contributed by atoms with Gasteiger partial charge in [0.15, 0.2) is 0 Å². The number of hydrogen-bond donors (Lipinski definition) is 2. The molecule has 6 nitrogen and oxygen atoms in total. The number of carbonyl (C=O) groups is 1. The van der Waals surface area contributed by atoms with Crippen LogP contribution in [0, 0.1) is 0 Å². The van der Waals surface area contributed by atoms with Crippen LogP contribution in [0.1, 0.15) is 18.6 Å². The molecular formula is C17H18Cl2N2O4S. The van der Waals surface area contributed by atoms with E-state index in [0.717, 1.165) is 0 Å². The lowest BCUT2D eigenvalue weighted by Crippen LogP contribution is -2.41. The number of hydrogen-bond acceptors (Lipinski definition) is 4. The van der Waals surface area contributed by atoms with Crippen molar-refractivity contribution in [2.75, 3.05) is 6.54 Å². The first-order valence-corrected chi connectivity index (χ1v) is 10.0. The van der Waals surface area contributed by atoms with Crippen molar-refractivity contribution in [3.63, 3.8) is 0 Å². The van der Waals surface area contributed by atoms with Gasteiger partial charge in [-0.2, -0.15) is 0 Å². The van der Waals surface area contributed by atoms with Crippen molar-refractivity contribution in [3.8, 4) is 5.75 Å². The van der Waals surface area contributed by atoms with Crippen LogP contribution >= 0.6 is 23.2 Å². The molecule has 9 heteroatoms. The zero-order valence-corrected chi connectivity index (χ0v) is 16.2. The number of nitrogens with one attached hydrogen (secondary N) is 1. The molecule has 2 unspecified atom stereocenters. The highest BCUT2D eigenvalue weighted by Gasteiger charge is 2.25. The zero-order valence-electron chi connectivity index (χ0n) is 13.9. The van der Waals surface area contributed by atoms with E-state index in [1.807, 2.05) is 0 Å². The van der Waals surface area contributed by atoms with Gasteiger partial charge in [0.25, 0.3) is 5.91 Å². The Bertz CT molecular complexity index is 876. The van der Waals surface area contributed by atoms with Crippen molar-refractivity contribution in [1.29, 1.82) is 0 Å². The van der Waals surface area contributed by atoms with Crippen LogP contribution in [0.5, 0.6) is 5.75 Å². The molecule has 2 rings (SSSR count). The van der Waals surface area contributed by atoms with Gasteiger partial charge in [-0.25, -0.2) is 13.6 Å². The van der Waals surface area contributed by atoms with Gasteiger partial charge in [-0.05, 0) is 19.1 Å². The molecule has 0 saturated heterocycles. The summed E-state index contributed by atoms with van der Waals surface area (Å²) >= 11 is 12.1. The van der Waals surface area contributed by atoms with Gasteiger partial charge in [0.1, 0.15) is 5.75 Å². The third-order valence-electron chi connectivity index (χ3n) is 3.60. The maximum atomic E-state index is 12.6. The highest BCUT2D eigenvalue weighted by atomic mass is 35.5. The number of sulfonamides is 1. The molecule has 3 N–H and O–H groups in total. The predicted molar refractivity (Wildman–Crippen MR) is 102 cm³/mol. The van der Waals surface area contributed by atoms with E-state index in [1.54, 1.807) is 42.5 Å². The number of rotatable bonds is 7. The predicted octanol–water partition coefficient (Wildman–Crippen LogP) is 2.91. The first-order chi connectivity index (χ1) is 12.2. The fourth-order valence-electron chi connectivity index (χ4n) is 2.05. The van der Waals surface area contributed by atoms with Gasteiger partial charge in [-0.3, -0.25) is 4.79 Å². The number of benzene rings is 2. The van der Waals surface area contributed by atoms with Gasteiger partial charge in [0.2, 0.25) is 16.1 Å². The van der Waals surface area contributed by atoms with Crippen LogP contribution in [0.25, 0.3) is 0 Å². The molecule has 0 aliphatic heterocycles. The molecule has 0 fully saturated rings. The van der Waals surface area contributed by atoms with Crippen LogP contribution in [0.15, 0.2) is 48.5 Å². The molecule has 0 aliphatic carbocycles. The molecule has 2 aromatic rings. The van der Waals surface area contributed by atoms with Gasteiger partial charge >= 0.3 is 0 Å². The first kappa shape index (κ1) is 20.5. The summed E-state index contributed by atoms with van der Waals surface area (Å²) in [6.07, 6.45) is -1.04. The zero-order chi connectivity index (χ0) is 19.3. The summed E-state index contributed by atoms with van der Waals surface area (Å²) in [5.41, 5.74) is 0.573. The molecule has 2 atom stereocenters. The summed E-state index contributed by atoms with van der Waals surface area (Å²) in [5, 5.41) is 7.37. The molecule has 0 aliphatic rings. The van der Waals surface area contributed by atoms with Crippen LogP contribution in [0.3, 0.4) is 0 Å². The number of carbonyl (C=O) groups excluding carboxylic acids is 1. The number of primary sulfonamides is 1. The minimum Gasteiger partial charge on any atom is -0.474 e. The maximum Gasteiger partial charge on any atom is 0.265 e. The van der Waals surface area contributed by atoms with E-state index in [-0.39, 0.29) is 12.3 Å². The smallest absolute Gasteiger partial charge is 0.265 e.